The van der Waals surface area contributed by atoms with Crippen LogP contribution in [0.1, 0.15) is 33.6 Å². The van der Waals surface area contributed by atoms with Crippen molar-refractivity contribution in [1.82, 2.24) is 0 Å². The molecule has 1 N–H and O–H groups in total. The quantitative estimate of drug-likeness (QED) is 0.491. The van der Waals surface area contributed by atoms with E-state index in [9.17, 15) is 9.59 Å². The lowest BCUT2D eigenvalue weighted by Crippen LogP contribution is -2.42. The van der Waals surface area contributed by atoms with Crippen LogP contribution in [0.3, 0.4) is 0 Å². The van der Waals surface area contributed by atoms with Crippen LogP contribution in [0.5, 0.6) is 0 Å². The number of hydrogen-bond acceptors (Lipinski definition) is 6. The van der Waals surface area contributed by atoms with E-state index in [1.807, 2.05) is 18.2 Å². The first-order valence-electron chi connectivity index (χ1n) is 8.74. The maximum Gasteiger partial charge on any atom is 0.350 e. The minimum Gasteiger partial charge on any atom is -0.419 e. The molecule has 3 rings (SSSR count). The third-order valence-electron chi connectivity index (χ3n) is 4.58. The number of carbonyl (C=O) groups excluding carboxylic acids is 2. The number of nitrogens with zero attached hydrogens (tertiary/aromatic N) is 1. The average molecular weight is 379 g/mol. The molecule has 2 heterocycles. The Hall–Kier alpha value is -2.21. The van der Waals surface area contributed by atoms with Crippen molar-refractivity contribution < 1.29 is 19.1 Å². The number of esters is 2. The molecule has 2 aliphatic heterocycles. The topological polar surface area (TPSA) is 67.9 Å². The van der Waals surface area contributed by atoms with Crippen LogP contribution < -0.4 is 10.2 Å². The molecule has 0 amide bonds. The smallest absolute Gasteiger partial charge is 0.350 e. The van der Waals surface area contributed by atoms with Gasteiger partial charge in [0, 0.05) is 33.1 Å². The number of cyclic esters (lactones) is 2. The largest absolute Gasteiger partial charge is 0.419 e. The first-order valence-corrected chi connectivity index (χ1v) is 9.11. The van der Waals surface area contributed by atoms with Gasteiger partial charge in [-0.15, -0.1) is 0 Å². The highest BCUT2D eigenvalue weighted by Crippen LogP contribution is 2.36. The van der Waals surface area contributed by atoms with Gasteiger partial charge in [0.2, 0.25) is 0 Å². The summed E-state index contributed by atoms with van der Waals surface area (Å²) in [5.74, 6) is -1.98. The summed E-state index contributed by atoms with van der Waals surface area (Å²) in [5, 5.41) is 3.65. The Labute approximate surface area is 158 Å². The highest BCUT2D eigenvalue weighted by molar-refractivity contribution is 6.34. The minimum absolute atomic E-state index is 0.178. The van der Waals surface area contributed by atoms with Gasteiger partial charge < -0.3 is 19.7 Å². The van der Waals surface area contributed by atoms with Crippen molar-refractivity contribution in [3.05, 3.63) is 35.0 Å². The molecule has 7 heteroatoms. The SMILES string of the molecule is CC1CCN(c2c(Cl)cccc2NC=C2C(=O)OC(C)(C)OC2=O)CC1. The first kappa shape index (κ1) is 18.6. The molecule has 0 unspecified atom stereocenters. The number of hydrogen-bond donors (Lipinski definition) is 1. The van der Waals surface area contributed by atoms with E-state index in [0.717, 1.165) is 37.3 Å². The van der Waals surface area contributed by atoms with Gasteiger partial charge in [0.05, 0.1) is 16.4 Å². The van der Waals surface area contributed by atoms with E-state index >= 15 is 0 Å². The summed E-state index contributed by atoms with van der Waals surface area (Å²) in [4.78, 5) is 26.4. The second-order valence-electron chi connectivity index (χ2n) is 7.19. The molecule has 0 aliphatic carbocycles. The van der Waals surface area contributed by atoms with Gasteiger partial charge in [0.25, 0.3) is 5.79 Å². The Balaban J connectivity index is 1.83. The number of para-hydroxylation sites is 1. The zero-order chi connectivity index (χ0) is 18.9. The van der Waals surface area contributed by atoms with Crippen LogP contribution in [0.2, 0.25) is 5.02 Å². The first-order chi connectivity index (χ1) is 12.3. The lowest BCUT2D eigenvalue weighted by molar-refractivity contribution is -0.222. The van der Waals surface area contributed by atoms with Gasteiger partial charge in [0.1, 0.15) is 0 Å². The van der Waals surface area contributed by atoms with Gasteiger partial charge in [-0.25, -0.2) is 9.59 Å². The summed E-state index contributed by atoms with van der Waals surface area (Å²) >= 11 is 6.43. The maximum atomic E-state index is 12.1. The molecule has 2 saturated heterocycles. The van der Waals surface area contributed by atoms with Crippen LogP contribution in [-0.4, -0.2) is 30.8 Å². The lowest BCUT2D eigenvalue weighted by Gasteiger charge is -2.34. The standard InChI is InChI=1S/C19H23ClN2O4/c1-12-7-9-22(10-8-12)16-14(20)5-4-6-15(16)21-11-13-17(23)25-19(2,3)26-18(13)24/h4-6,11-12,21H,7-10H2,1-3H3. The van der Waals surface area contributed by atoms with Crippen molar-refractivity contribution in [3.63, 3.8) is 0 Å². The predicted molar refractivity (Wildman–Crippen MR) is 100 cm³/mol. The van der Waals surface area contributed by atoms with Crippen molar-refractivity contribution in [2.75, 3.05) is 23.3 Å². The van der Waals surface area contributed by atoms with Crippen molar-refractivity contribution in [2.45, 2.75) is 39.4 Å². The summed E-state index contributed by atoms with van der Waals surface area (Å²) in [7, 11) is 0. The van der Waals surface area contributed by atoms with E-state index in [2.05, 4.69) is 17.1 Å². The van der Waals surface area contributed by atoms with Crippen molar-refractivity contribution >= 4 is 34.9 Å². The van der Waals surface area contributed by atoms with Crippen molar-refractivity contribution in [1.29, 1.82) is 0 Å². The maximum absolute atomic E-state index is 12.1. The number of anilines is 2. The summed E-state index contributed by atoms with van der Waals surface area (Å²) in [6, 6.07) is 5.51. The fourth-order valence-corrected chi connectivity index (χ4v) is 3.41. The number of benzene rings is 1. The normalized spacial score (nSPS) is 20.5. The lowest BCUT2D eigenvalue weighted by atomic mass is 9.98. The Morgan fingerprint density at radius 2 is 1.81 bits per heavy atom. The van der Waals surface area contributed by atoms with Crippen LogP contribution in [0.15, 0.2) is 30.0 Å². The van der Waals surface area contributed by atoms with Gasteiger partial charge in [-0.2, -0.15) is 0 Å². The number of carbonyl (C=O) groups is 2. The van der Waals surface area contributed by atoms with Gasteiger partial charge in [-0.05, 0) is 30.9 Å². The van der Waals surface area contributed by atoms with Gasteiger partial charge >= 0.3 is 11.9 Å². The fourth-order valence-electron chi connectivity index (χ4n) is 3.11. The Morgan fingerprint density at radius 1 is 1.19 bits per heavy atom. The zero-order valence-electron chi connectivity index (χ0n) is 15.2. The highest BCUT2D eigenvalue weighted by Gasteiger charge is 2.39. The summed E-state index contributed by atoms with van der Waals surface area (Å²) < 4.78 is 10.2. The van der Waals surface area contributed by atoms with Crippen LogP contribution in [0, 0.1) is 5.92 Å². The molecule has 6 nitrogen and oxygen atoms in total. The number of rotatable bonds is 3. The molecular weight excluding hydrogens is 356 g/mol. The number of nitrogens with one attached hydrogen (secondary N) is 1. The molecule has 0 atom stereocenters. The van der Waals surface area contributed by atoms with E-state index < -0.39 is 17.7 Å². The third kappa shape index (κ3) is 3.96. The Bertz CT molecular complexity index is 730. The summed E-state index contributed by atoms with van der Waals surface area (Å²) in [6.45, 7) is 7.09. The predicted octanol–water partition coefficient (Wildman–Crippen LogP) is 3.71. The van der Waals surface area contributed by atoms with Crippen LogP contribution in [0.25, 0.3) is 0 Å². The number of piperidine rings is 1. The summed E-state index contributed by atoms with van der Waals surface area (Å²) in [6.07, 6.45) is 3.51. The van der Waals surface area contributed by atoms with E-state index in [-0.39, 0.29) is 5.57 Å². The van der Waals surface area contributed by atoms with E-state index in [0.29, 0.717) is 10.9 Å². The van der Waals surface area contributed by atoms with Crippen LogP contribution in [0.4, 0.5) is 11.4 Å². The average Bonchev–Trinajstić information content (AvgIpc) is 2.54. The fraction of sp³-hybridized carbons (Fsp3) is 0.474. The summed E-state index contributed by atoms with van der Waals surface area (Å²) in [5.41, 5.74) is 1.42. The van der Waals surface area contributed by atoms with Crippen molar-refractivity contribution in [2.24, 2.45) is 5.92 Å². The van der Waals surface area contributed by atoms with Crippen molar-refractivity contribution in [3.8, 4) is 0 Å². The zero-order valence-corrected chi connectivity index (χ0v) is 15.9. The molecule has 2 fully saturated rings. The molecule has 0 spiro atoms. The molecule has 140 valence electrons. The second kappa shape index (κ2) is 7.19. The van der Waals surface area contributed by atoms with E-state index in [1.54, 1.807) is 0 Å². The van der Waals surface area contributed by atoms with Crippen LogP contribution in [-0.2, 0) is 19.1 Å². The molecule has 0 aromatic heterocycles. The second-order valence-corrected chi connectivity index (χ2v) is 7.59. The highest BCUT2D eigenvalue weighted by atomic mass is 35.5. The number of ether oxygens (including phenoxy) is 2. The number of halogens is 1. The molecule has 0 bridgehead atoms. The molecular formula is C19H23ClN2O4. The van der Waals surface area contributed by atoms with E-state index in [1.165, 1.54) is 20.0 Å². The molecule has 2 aliphatic rings. The molecule has 26 heavy (non-hydrogen) atoms. The molecule has 0 radical (unpaired) electrons. The molecule has 1 aromatic carbocycles. The van der Waals surface area contributed by atoms with Gasteiger partial charge in [-0.1, -0.05) is 24.6 Å². The Morgan fingerprint density at radius 3 is 2.42 bits per heavy atom. The van der Waals surface area contributed by atoms with Gasteiger partial charge in [0.15, 0.2) is 5.57 Å². The van der Waals surface area contributed by atoms with Crippen LogP contribution >= 0.6 is 11.6 Å². The molecule has 0 saturated carbocycles. The third-order valence-corrected chi connectivity index (χ3v) is 4.88. The van der Waals surface area contributed by atoms with E-state index in [4.69, 9.17) is 21.1 Å². The Kier molecular flexibility index (Phi) is 5.14. The van der Waals surface area contributed by atoms with Gasteiger partial charge in [-0.3, -0.25) is 0 Å². The monoisotopic (exact) mass is 378 g/mol. The molecule has 1 aromatic rings. The minimum atomic E-state index is -1.25.